The zero-order chi connectivity index (χ0) is 18.4. The van der Waals surface area contributed by atoms with Gasteiger partial charge in [0.05, 0.1) is 5.41 Å². The summed E-state index contributed by atoms with van der Waals surface area (Å²) in [7, 11) is 0. The van der Waals surface area contributed by atoms with E-state index in [0.29, 0.717) is 5.92 Å². The Labute approximate surface area is 160 Å². The van der Waals surface area contributed by atoms with Gasteiger partial charge >= 0.3 is 0 Å². The summed E-state index contributed by atoms with van der Waals surface area (Å²) < 4.78 is 0. The molecule has 3 aromatic rings. The van der Waals surface area contributed by atoms with E-state index in [2.05, 4.69) is 59.7 Å². The first kappa shape index (κ1) is 16.6. The van der Waals surface area contributed by atoms with Gasteiger partial charge < -0.3 is 10.3 Å². The predicted molar refractivity (Wildman–Crippen MR) is 110 cm³/mol. The maximum atomic E-state index is 13.1. The van der Waals surface area contributed by atoms with E-state index in [0.717, 1.165) is 36.9 Å². The topological polar surface area (TPSA) is 44.9 Å². The molecule has 2 saturated carbocycles. The Hall–Kier alpha value is -2.55. The first-order valence-electron chi connectivity index (χ1n) is 10.2. The quantitative estimate of drug-likeness (QED) is 0.586. The van der Waals surface area contributed by atoms with Crippen LogP contribution in [0.25, 0.3) is 10.9 Å². The summed E-state index contributed by atoms with van der Waals surface area (Å²) in [6, 6.07) is 17.0. The van der Waals surface area contributed by atoms with Crippen molar-refractivity contribution in [2.24, 2.45) is 0 Å². The molecule has 1 amide bonds. The lowest BCUT2D eigenvalue weighted by atomic mass is 9.92. The minimum Gasteiger partial charge on any atom is -0.358 e. The lowest BCUT2D eigenvalue weighted by Crippen LogP contribution is -2.27. The minimum absolute atomic E-state index is 0.133. The summed E-state index contributed by atoms with van der Waals surface area (Å²) in [6.07, 6.45) is 6.65. The summed E-state index contributed by atoms with van der Waals surface area (Å²) in [5.41, 5.74) is 5.55. The molecule has 27 heavy (non-hydrogen) atoms. The molecule has 2 aliphatic carbocycles. The normalized spacial score (nSPS) is 17.8. The second-order valence-corrected chi connectivity index (χ2v) is 8.29. The van der Waals surface area contributed by atoms with Crippen LogP contribution < -0.4 is 5.32 Å². The largest absolute Gasteiger partial charge is 0.358 e. The first-order chi connectivity index (χ1) is 13.2. The van der Waals surface area contributed by atoms with Crippen LogP contribution in [0.3, 0.4) is 0 Å². The van der Waals surface area contributed by atoms with Gasteiger partial charge in [0.15, 0.2) is 0 Å². The van der Waals surface area contributed by atoms with Crippen molar-refractivity contribution in [3.8, 4) is 0 Å². The van der Waals surface area contributed by atoms with Crippen molar-refractivity contribution in [1.82, 2.24) is 4.98 Å². The molecule has 2 aliphatic rings. The highest BCUT2D eigenvalue weighted by Crippen LogP contribution is 2.49. The van der Waals surface area contributed by atoms with Gasteiger partial charge in [0.2, 0.25) is 5.91 Å². The molecule has 1 aromatic heterocycles. The van der Waals surface area contributed by atoms with E-state index in [9.17, 15) is 4.79 Å². The highest BCUT2D eigenvalue weighted by atomic mass is 16.2. The number of anilines is 1. The highest BCUT2D eigenvalue weighted by Gasteiger charge is 2.51. The number of aromatic nitrogens is 1. The Balaban J connectivity index is 1.38. The highest BCUT2D eigenvalue weighted by molar-refractivity contribution is 6.02. The van der Waals surface area contributed by atoms with Crippen molar-refractivity contribution in [1.29, 1.82) is 0 Å². The maximum Gasteiger partial charge on any atom is 0.235 e. The van der Waals surface area contributed by atoms with Crippen molar-refractivity contribution in [3.63, 3.8) is 0 Å². The van der Waals surface area contributed by atoms with E-state index < -0.39 is 0 Å². The monoisotopic (exact) mass is 358 g/mol. The van der Waals surface area contributed by atoms with Crippen LogP contribution in [0.2, 0.25) is 0 Å². The van der Waals surface area contributed by atoms with Gasteiger partial charge in [0.1, 0.15) is 0 Å². The lowest BCUT2D eigenvalue weighted by molar-refractivity contribution is -0.118. The number of nitrogens with one attached hydrogen (secondary N) is 2. The third-order valence-electron chi connectivity index (χ3n) is 6.12. The van der Waals surface area contributed by atoms with Crippen LogP contribution in [0.15, 0.2) is 48.5 Å². The molecule has 138 valence electrons. The third-order valence-corrected chi connectivity index (χ3v) is 6.12. The van der Waals surface area contributed by atoms with Crippen LogP contribution in [0, 0.1) is 0 Å². The fourth-order valence-corrected chi connectivity index (χ4v) is 4.18. The molecule has 0 saturated heterocycles. The molecule has 2 N–H and O–H groups in total. The number of fused-ring (bicyclic) bond motifs is 1. The zero-order valence-electron chi connectivity index (χ0n) is 15.8. The number of rotatable bonds is 6. The SMILES string of the molecule is CCCc1cccc(C2(C(=O)Nc3ccc4[nH]c(C5CC5)cc4c3)CC2)c1. The smallest absolute Gasteiger partial charge is 0.235 e. The molecule has 0 bridgehead atoms. The van der Waals surface area contributed by atoms with Gasteiger partial charge in [-0.15, -0.1) is 0 Å². The van der Waals surface area contributed by atoms with Gasteiger partial charge in [-0.3, -0.25) is 4.79 Å². The Morgan fingerprint density at radius 2 is 2.00 bits per heavy atom. The second kappa shape index (κ2) is 6.26. The maximum absolute atomic E-state index is 13.1. The summed E-state index contributed by atoms with van der Waals surface area (Å²) in [4.78, 5) is 16.6. The average molecular weight is 358 g/mol. The van der Waals surface area contributed by atoms with Gasteiger partial charge in [0, 0.05) is 22.3 Å². The second-order valence-electron chi connectivity index (χ2n) is 8.29. The van der Waals surface area contributed by atoms with Gasteiger partial charge in [-0.25, -0.2) is 0 Å². The molecule has 2 fully saturated rings. The number of hydrogen-bond acceptors (Lipinski definition) is 1. The summed E-state index contributed by atoms with van der Waals surface area (Å²) in [5.74, 6) is 0.842. The minimum atomic E-state index is -0.337. The number of carbonyl (C=O) groups is 1. The average Bonchev–Trinajstić information content (AvgIpc) is 3.59. The number of H-pyrrole nitrogens is 1. The summed E-state index contributed by atoms with van der Waals surface area (Å²) in [5, 5.41) is 4.37. The molecule has 5 rings (SSSR count). The van der Waals surface area contributed by atoms with Gasteiger partial charge in [-0.1, -0.05) is 37.6 Å². The lowest BCUT2D eigenvalue weighted by Gasteiger charge is -2.17. The molecule has 0 radical (unpaired) electrons. The Bertz CT molecular complexity index is 1010. The zero-order valence-corrected chi connectivity index (χ0v) is 15.8. The van der Waals surface area contributed by atoms with E-state index >= 15 is 0 Å². The van der Waals surface area contributed by atoms with Gasteiger partial charge in [-0.2, -0.15) is 0 Å². The van der Waals surface area contributed by atoms with E-state index in [-0.39, 0.29) is 11.3 Å². The van der Waals surface area contributed by atoms with Gasteiger partial charge in [0.25, 0.3) is 0 Å². The summed E-state index contributed by atoms with van der Waals surface area (Å²) in [6.45, 7) is 2.19. The van der Waals surface area contributed by atoms with Crippen molar-refractivity contribution in [3.05, 3.63) is 65.4 Å². The van der Waals surface area contributed by atoms with Crippen LogP contribution >= 0.6 is 0 Å². The molecular weight excluding hydrogens is 332 g/mol. The molecule has 0 atom stereocenters. The molecular formula is C24H26N2O. The number of carbonyl (C=O) groups excluding carboxylic acids is 1. The molecule has 1 heterocycles. The molecule has 0 spiro atoms. The van der Waals surface area contributed by atoms with Crippen LogP contribution in [0.5, 0.6) is 0 Å². The number of amides is 1. The van der Waals surface area contributed by atoms with Crippen molar-refractivity contribution < 1.29 is 4.79 Å². The molecule has 0 unspecified atom stereocenters. The van der Waals surface area contributed by atoms with Gasteiger partial charge in [-0.05, 0) is 73.4 Å². The third kappa shape index (κ3) is 3.05. The van der Waals surface area contributed by atoms with E-state index in [1.165, 1.54) is 35.0 Å². The van der Waals surface area contributed by atoms with E-state index in [4.69, 9.17) is 0 Å². The van der Waals surface area contributed by atoms with Crippen molar-refractivity contribution in [2.45, 2.75) is 56.8 Å². The molecule has 2 aromatic carbocycles. The van der Waals surface area contributed by atoms with Crippen LogP contribution in [-0.4, -0.2) is 10.9 Å². The Morgan fingerprint density at radius 3 is 2.74 bits per heavy atom. The summed E-state index contributed by atoms with van der Waals surface area (Å²) >= 11 is 0. The number of aromatic amines is 1. The van der Waals surface area contributed by atoms with Crippen molar-refractivity contribution >= 4 is 22.5 Å². The van der Waals surface area contributed by atoms with Crippen LogP contribution in [0.1, 0.15) is 61.8 Å². The molecule has 0 aliphatic heterocycles. The number of aryl methyl sites for hydroxylation is 1. The van der Waals surface area contributed by atoms with E-state index in [1.807, 2.05) is 6.07 Å². The van der Waals surface area contributed by atoms with Crippen LogP contribution in [0.4, 0.5) is 5.69 Å². The van der Waals surface area contributed by atoms with Crippen molar-refractivity contribution in [2.75, 3.05) is 5.32 Å². The number of hydrogen-bond donors (Lipinski definition) is 2. The molecule has 3 nitrogen and oxygen atoms in total. The Morgan fingerprint density at radius 1 is 1.15 bits per heavy atom. The fraction of sp³-hybridized carbons (Fsp3) is 0.375. The molecule has 3 heteroatoms. The van der Waals surface area contributed by atoms with Crippen LogP contribution in [-0.2, 0) is 16.6 Å². The Kier molecular flexibility index (Phi) is 3.85. The predicted octanol–water partition coefficient (Wildman–Crippen LogP) is 5.67. The standard InChI is InChI=1S/C24H26N2O/c1-2-4-16-5-3-6-19(13-16)24(11-12-24)23(27)25-20-9-10-21-18(14-20)15-22(26-21)17-7-8-17/h3,5-6,9-10,13-15,17,26H,2,4,7-8,11-12H2,1H3,(H,25,27). The van der Waals surface area contributed by atoms with E-state index in [1.54, 1.807) is 0 Å². The number of benzene rings is 2. The first-order valence-corrected chi connectivity index (χ1v) is 10.2. The fourth-order valence-electron chi connectivity index (χ4n) is 4.18.